The molecule has 0 spiro atoms. The number of carbonyl (C=O) groups is 1. The van der Waals surface area contributed by atoms with Crippen LogP contribution in [-0.2, 0) is 9.53 Å². The molecular formula is C18H22F2N2O4S. The standard InChI is InChI=1S/C18H22F2N2O4S/c1-5-22-10(3)14(16(23)25-6-2)15(21-18(22)27)11-7-8-12(24-4)13(9-11)26-17(19)20/h7-9,15,17H,5-6H2,1-4H3,(H,21,27)/t15-/m0/s1. The number of ether oxygens (including phenoxy) is 3. The van der Waals surface area contributed by atoms with Gasteiger partial charge in [0, 0.05) is 12.2 Å². The zero-order chi connectivity index (χ0) is 20.1. The van der Waals surface area contributed by atoms with Gasteiger partial charge in [-0.3, -0.25) is 0 Å². The Morgan fingerprint density at radius 2 is 2.04 bits per heavy atom. The molecule has 0 saturated heterocycles. The van der Waals surface area contributed by atoms with Crippen LogP contribution >= 0.6 is 12.2 Å². The molecule has 0 aromatic heterocycles. The van der Waals surface area contributed by atoms with Crippen LogP contribution in [0.25, 0.3) is 0 Å². The maximum absolute atomic E-state index is 12.7. The lowest BCUT2D eigenvalue weighted by atomic mass is 9.94. The van der Waals surface area contributed by atoms with E-state index >= 15 is 0 Å². The molecule has 0 aliphatic carbocycles. The van der Waals surface area contributed by atoms with E-state index in [0.717, 1.165) is 0 Å². The molecule has 148 valence electrons. The van der Waals surface area contributed by atoms with E-state index in [1.165, 1.54) is 19.2 Å². The minimum Gasteiger partial charge on any atom is -0.493 e. The Labute approximate surface area is 162 Å². The van der Waals surface area contributed by atoms with Gasteiger partial charge in [0.1, 0.15) is 0 Å². The van der Waals surface area contributed by atoms with Crippen molar-refractivity contribution in [3.05, 3.63) is 35.0 Å². The maximum Gasteiger partial charge on any atom is 0.387 e. The Balaban J connectivity index is 2.55. The van der Waals surface area contributed by atoms with Gasteiger partial charge in [0.05, 0.1) is 25.3 Å². The second-order valence-corrected chi connectivity index (χ2v) is 6.02. The van der Waals surface area contributed by atoms with E-state index in [-0.39, 0.29) is 18.1 Å². The van der Waals surface area contributed by atoms with Gasteiger partial charge in [-0.25, -0.2) is 4.79 Å². The molecule has 0 fully saturated rings. The van der Waals surface area contributed by atoms with Crippen molar-refractivity contribution in [3.8, 4) is 11.5 Å². The molecule has 0 amide bonds. The topological polar surface area (TPSA) is 60.0 Å². The van der Waals surface area contributed by atoms with E-state index in [2.05, 4.69) is 10.1 Å². The Bertz CT molecular complexity index is 755. The van der Waals surface area contributed by atoms with E-state index in [9.17, 15) is 13.6 Å². The van der Waals surface area contributed by atoms with Crippen LogP contribution in [0.2, 0.25) is 0 Å². The predicted molar refractivity (Wildman–Crippen MR) is 99.8 cm³/mol. The van der Waals surface area contributed by atoms with Gasteiger partial charge in [0.2, 0.25) is 0 Å². The molecular weight excluding hydrogens is 378 g/mol. The van der Waals surface area contributed by atoms with Gasteiger partial charge >= 0.3 is 12.6 Å². The number of thiocarbonyl (C=S) groups is 1. The van der Waals surface area contributed by atoms with E-state index in [4.69, 9.17) is 21.7 Å². The van der Waals surface area contributed by atoms with Gasteiger partial charge in [-0.1, -0.05) is 6.07 Å². The van der Waals surface area contributed by atoms with Crippen LogP contribution in [0.1, 0.15) is 32.4 Å². The third-order valence-corrected chi connectivity index (χ3v) is 4.48. The first-order valence-corrected chi connectivity index (χ1v) is 8.83. The van der Waals surface area contributed by atoms with Crippen molar-refractivity contribution < 1.29 is 27.8 Å². The van der Waals surface area contributed by atoms with E-state index in [1.54, 1.807) is 24.8 Å². The fourth-order valence-corrected chi connectivity index (χ4v) is 3.33. The number of halogens is 2. The van der Waals surface area contributed by atoms with Gasteiger partial charge in [0.25, 0.3) is 0 Å². The molecule has 27 heavy (non-hydrogen) atoms. The van der Waals surface area contributed by atoms with Crippen molar-refractivity contribution in [3.63, 3.8) is 0 Å². The van der Waals surface area contributed by atoms with Crippen molar-refractivity contribution in [1.82, 2.24) is 10.2 Å². The quantitative estimate of drug-likeness (QED) is 0.556. The number of alkyl halides is 2. The van der Waals surface area contributed by atoms with Gasteiger partial charge in [-0.05, 0) is 50.7 Å². The van der Waals surface area contributed by atoms with Crippen molar-refractivity contribution in [2.24, 2.45) is 0 Å². The van der Waals surface area contributed by atoms with Crippen molar-refractivity contribution >= 4 is 23.3 Å². The molecule has 0 bridgehead atoms. The van der Waals surface area contributed by atoms with Gasteiger partial charge in [-0.2, -0.15) is 8.78 Å². The van der Waals surface area contributed by atoms with Crippen LogP contribution in [0.4, 0.5) is 8.78 Å². The molecule has 1 aromatic rings. The molecule has 0 saturated carbocycles. The summed E-state index contributed by atoms with van der Waals surface area (Å²) in [7, 11) is 1.36. The summed E-state index contributed by atoms with van der Waals surface area (Å²) in [6.07, 6.45) is 0. The SMILES string of the molecule is CCOC(=O)C1=C(C)N(CC)C(=S)N[C@H]1c1ccc(OC)c(OC(F)F)c1. The van der Waals surface area contributed by atoms with Crippen LogP contribution in [0.3, 0.4) is 0 Å². The molecule has 1 heterocycles. The summed E-state index contributed by atoms with van der Waals surface area (Å²) in [4.78, 5) is 14.4. The number of methoxy groups -OCH3 is 1. The molecule has 1 N–H and O–H groups in total. The highest BCUT2D eigenvalue weighted by Gasteiger charge is 2.34. The number of carbonyl (C=O) groups excluding carboxylic acids is 1. The summed E-state index contributed by atoms with van der Waals surface area (Å²) in [5, 5.41) is 3.52. The largest absolute Gasteiger partial charge is 0.493 e. The second-order valence-electron chi connectivity index (χ2n) is 5.64. The van der Waals surface area contributed by atoms with Crippen LogP contribution in [0.5, 0.6) is 11.5 Å². The van der Waals surface area contributed by atoms with Crippen LogP contribution in [-0.4, -0.2) is 42.9 Å². The molecule has 1 atom stereocenters. The Morgan fingerprint density at radius 3 is 2.59 bits per heavy atom. The normalized spacial score (nSPS) is 17.1. The molecule has 2 rings (SSSR count). The Morgan fingerprint density at radius 1 is 1.33 bits per heavy atom. The third kappa shape index (κ3) is 4.47. The number of hydrogen-bond donors (Lipinski definition) is 1. The highest BCUT2D eigenvalue weighted by molar-refractivity contribution is 7.80. The van der Waals surface area contributed by atoms with Crippen LogP contribution < -0.4 is 14.8 Å². The number of esters is 1. The molecule has 1 aromatic carbocycles. The highest BCUT2D eigenvalue weighted by Crippen LogP contribution is 2.36. The average molecular weight is 400 g/mol. The monoisotopic (exact) mass is 400 g/mol. The second kappa shape index (κ2) is 8.98. The van der Waals surface area contributed by atoms with Crippen molar-refractivity contribution in [2.45, 2.75) is 33.4 Å². The summed E-state index contributed by atoms with van der Waals surface area (Å²) >= 11 is 5.39. The van der Waals surface area contributed by atoms with Crippen molar-refractivity contribution in [2.75, 3.05) is 20.3 Å². The molecule has 1 aliphatic heterocycles. The summed E-state index contributed by atoms with van der Waals surface area (Å²) in [5.41, 5.74) is 1.53. The summed E-state index contributed by atoms with van der Waals surface area (Å²) in [5.74, 6) is -0.469. The Hall–Kier alpha value is -2.42. The molecule has 1 aliphatic rings. The van der Waals surface area contributed by atoms with E-state index in [0.29, 0.717) is 28.5 Å². The zero-order valence-electron chi connectivity index (χ0n) is 15.5. The minimum absolute atomic E-state index is 0.128. The number of allylic oxidation sites excluding steroid dienone is 1. The van der Waals surface area contributed by atoms with Crippen LogP contribution in [0, 0.1) is 0 Å². The summed E-state index contributed by atoms with van der Waals surface area (Å²) in [6.45, 7) is 3.16. The molecule has 6 nitrogen and oxygen atoms in total. The first-order valence-electron chi connectivity index (χ1n) is 8.42. The molecule has 9 heteroatoms. The lowest BCUT2D eigenvalue weighted by Crippen LogP contribution is -2.47. The first-order chi connectivity index (χ1) is 12.8. The number of hydrogen-bond acceptors (Lipinski definition) is 5. The van der Waals surface area contributed by atoms with E-state index in [1.807, 2.05) is 6.92 Å². The zero-order valence-corrected chi connectivity index (χ0v) is 16.4. The summed E-state index contributed by atoms with van der Waals surface area (Å²) < 4.78 is 40.3. The third-order valence-electron chi connectivity index (χ3n) is 4.14. The van der Waals surface area contributed by atoms with E-state index < -0.39 is 18.6 Å². The minimum atomic E-state index is -3.01. The number of rotatable bonds is 7. The highest BCUT2D eigenvalue weighted by atomic mass is 32.1. The molecule has 0 radical (unpaired) electrons. The molecule has 0 unspecified atom stereocenters. The summed E-state index contributed by atoms with van der Waals surface area (Å²) in [6, 6.07) is 3.90. The van der Waals surface area contributed by atoms with Crippen LogP contribution in [0.15, 0.2) is 29.5 Å². The van der Waals surface area contributed by atoms with Gasteiger partial charge in [0.15, 0.2) is 16.6 Å². The van der Waals surface area contributed by atoms with Gasteiger partial charge < -0.3 is 24.4 Å². The number of nitrogens with zero attached hydrogens (tertiary/aromatic N) is 1. The lowest BCUT2D eigenvalue weighted by molar-refractivity contribution is -0.139. The fraction of sp³-hybridized carbons (Fsp3) is 0.444. The number of benzene rings is 1. The fourth-order valence-electron chi connectivity index (χ4n) is 2.95. The van der Waals surface area contributed by atoms with Gasteiger partial charge in [-0.15, -0.1) is 0 Å². The smallest absolute Gasteiger partial charge is 0.387 e. The predicted octanol–water partition coefficient (Wildman–Crippen LogP) is 3.38. The average Bonchev–Trinajstić information content (AvgIpc) is 2.61. The lowest BCUT2D eigenvalue weighted by Gasteiger charge is -2.37. The number of nitrogens with one attached hydrogen (secondary N) is 1. The maximum atomic E-state index is 12.7. The van der Waals surface area contributed by atoms with Crippen molar-refractivity contribution in [1.29, 1.82) is 0 Å². The first kappa shape index (κ1) is 20.9. The Kier molecular flexibility index (Phi) is 6.95.